The molecule has 6 fully saturated rings. The van der Waals surface area contributed by atoms with Crippen molar-refractivity contribution in [1.82, 2.24) is 42.5 Å². The summed E-state index contributed by atoms with van der Waals surface area (Å²) in [5.74, 6) is -1.13. The average molecular weight is 769 g/mol. The Labute approximate surface area is 323 Å². The van der Waals surface area contributed by atoms with Gasteiger partial charge >= 0.3 is 0 Å². The molecule has 0 spiro atoms. The minimum Gasteiger partial charge on any atom is -0.364 e. The second-order valence-corrected chi connectivity index (χ2v) is 18.8. The highest BCUT2D eigenvalue weighted by Crippen LogP contribution is 2.21. The Morgan fingerprint density at radius 2 is 0.519 bits per heavy atom. The van der Waals surface area contributed by atoms with Crippen molar-refractivity contribution in [2.24, 2.45) is 0 Å². The Morgan fingerprint density at radius 3 is 0.704 bits per heavy atom. The van der Waals surface area contributed by atoms with Crippen LogP contribution in [-0.2, 0) is 38.1 Å². The molecule has 4 atom stereocenters. The first kappa shape index (κ1) is 45.9. The zero-order valence-corrected chi connectivity index (χ0v) is 35.2. The Morgan fingerprint density at radius 1 is 0.333 bits per heavy atom. The summed E-state index contributed by atoms with van der Waals surface area (Å²) in [6.45, 7) is 25.0. The molecule has 16 nitrogen and oxygen atoms in total. The van der Waals surface area contributed by atoms with E-state index >= 15 is 0 Å². The van der Waals surface area contributed by atoms with Gasteiger partial charge in [-0.3, -0.25) is 19.2 Å². The molecule has 4 amide bonds. The first-order valence-electron chi connectivity index (χ1n) is 19.4. The summed E-state index contributed by atoms with van der Waals surface area (Å²) in [5, 5.41) is 26.0. The minimum absolute atomic E-state index is 0.175. The van der Waals surface area contributed by atoms with Crippen molar-refractivity contribution in [1.29, 1.82) is 0 Å². The highest BCUT2D eigenvalue weighted by Gasteiger charge is 2.43. The highest BCUT2D eigenvalue weighted by atomic mass is 16.5. The van der Waals surface area contributed by atoms with Crippen molar-refractivity contribution in [3.63, 3.8) is 0 Å². The maximum atomic E-state index is 13.9. The first-order chi connectivity index (χ1) is 24.8. The average Bonchev–Trinajstić information content (AvgIpc) is 3.01. The van der Waals surface area contributed by atoms with Crippen LogP contribution in [0, 0.1) is 0 Å². The molecule has 6 saturated heterocycles. The third-order valence-corrected chi connectivity index (χ3v) is 10.1. The van der Waals surface area contributed by atoms with Crippen molar-refractivity contribution >= 4 is 23.6 Å². The van der Waals surface area contributed by atoms with Crippen LogP contribution in [0.4, 0.5) is 0 Å². The fraction of sp³-hybridized carbons (Fsp3) is 0.895. The summed E-state index contributed by atoms with van der Waals surface area (Å²) >= 11 is 0. The maximum absolute atomic E-state index is 13.9. The molecule has 54 heavy (non-hydrogen) atoms. The van der Waals surface area contributed by atoms with E-state index in [0.29, 0.717) is 39.0 Å². The van der Waals surface area contributed by atoms with E-state index in [1.54, 1.807) is 27.7 Å². The molecule has 0 aromatic rings. The smallest absolute Gasteiger partial charge is 0.253 e. The second kappa shape index (κ2) is 17.8. The first-order valence-corrected chi connectivity index (χ1v) is 19.4. The van der Waals surface area contributed by atoms with E-state index in [9.17, 15) is 19.2 Å². The molecule has 8 N–H and O–H groups in total. The Kier molecular flexibility index (Phi) is 15.1. The summed E-state index contributed by atoms with van der Waals surface area (Å²) in [6, 6.07) is 0. The normalized spacial score (nSPS) is 35.8. The second-order valence-electron chi connectivity index (χ2n) is 18.8. The number of nitrogens with one attached hydrogen (secondary N) is 8. The number of amides is 4. The van der Waals surface area contributed by atoms with Crippen LogP contribution in [0.2, 0.25) is 0 Å². The van der Waals surface area contributed by atoms with Crippen LogP contribution in [0.3, 0.4) is 0 Å². The lowest BCUT2D eigenvalue weighted by molar-refractivity contribution is -0.153. The number of carbonyl (C=O) groups is 4. The van der Waals surface area contributed by atoms with Gasteiger partial charge in [-0.1, -0.05) is 0 Å². The van der Waals surface area contributed by atoms with Crippen LogP contribution < -0.4 is 42.5 Å². The summed E-state index contributed by atoms with van der Waals surface area (Å²) in [4.78, 5) is 55.6. The van der Waals surface area contributed by atoms with Gasteiger partial charge in [0.25, 0.3) is 23.6 Å². The number of carbonyl (C=O) groups excluding carboxylic acids is 4. The fourth-order valence-electron chi connectivity index (χ4n) is 6.48. The van der Waals surface area contributed by atoms with E-state index in [1.807, 2.05) is 55.4 Å². The lowest BCUT2D eigenvalue weighted by atomic mass is 9.96. The summed E-state index contributed by atoms with van der Waals surface area (Å²) in [7, 11) is 0. The Bertz CT molecular complexity index is 1130. The molecule has 0 unspecified atom stereocenters. The monoisotopic (exact) mass is 769 g/mol. The molecule has 6 aliphatic rings. The van der Waals surface area contributed by atoms with Crippen molar-refractivity contribution < 1.29 is 38.1 Å². The lowest BCUT2D eigenvalue weighted by Gasteiger charge is -2.39. The van der Waals surface area contributed by atoms with Crippen LogP contribution in [0.15, 0.2) is 0 Å². The van der Waals surface area contributed by atoms with Crippen molar-refractivity contribution in [3.8, 4) is 0 Å². The molecule has 0 aliphatic carbocycles. The van der Waals surface area contributed by atoms with E-state index in [0.717, 1.165) is 0 Å². The van der Waals surface area contributed by atoms with Crippen LogP contribution in [-0.4, -0.2) is 147 Å². The van der Waals surface area contributed by atoms with Crippen molar-refractivity contribution in [2.75, 3.05) is 78.8 Å². The fourth-order valence-corrected chi connectivity index (χ4v) is 6.48. The minimum atomic E-state index is -1.26. The molecular weight excluding hydrogens is 696 g/mol. The van der Waals surface area contributed by atoms with Gasteiger partial charge in [0.05, 0.1) is 26.4 Å². The van der Waals surface area contributed by atoms with Gasteiger partial charge in [0.2, 0.25) is 0 Å². The molecule has 0 saturated carbocycles. The molecule has 4 bridgehead atoms. The van der Waals surface area contributed by atoms with E-state index in [-0.39, 0.29) is 76.2 Å². The van der Waals surface area contributed by atoms with Crippen molar-refractivity contribution in [2.45, 2.75) is 140 Å². The topological polar surface area (TPSA) is 201 Å². The van der Waals surface area contributed by atoms with Gasteiger partial charge in [-0.05, 0) is 95.9 Å². The third-order valence-electron chi connectivity index (χ3n) is 10.1. The highest BCUT2D eigenvalue weighted by molar-refractivity contribution is 5.87. The largest absolute Gasteiger partial charge is 0.364 e. The van der Waals surface area contributed by atoms with E-state index < -0.39 is 44.6 Å². The number of hydrogen-bond donors (Lipinski definition) is 8. The van der Waals surface area contributed by atoms with Crippen LogP contribution in [0.25, 0.3) is 0 Å². The van der Waals surface area contributed by atoms with E-state index in [4.69, 9.17) is 18.9 Å². The standard InChI is InChI=1S/C38H72N8O8/c1-31(2)19-39-23-36(10)28(48)44-32(3,4)20-40-24-35(9,27(47)43-31)51-15-13-17-53-37(11)25-41-21-34(7,8)46-30(50)38(12,54-18-14-16-52-36)26-42-22-33(5,6)45-29(37)49/h39-42H,13-26H2,1-12H3,(H,43,47)(H,44,48)(H,45,49)(H,46,50)/t35-,36-,37-,38+/m0/s1. The molecule has 6 heterocycles. The van der Waals surface area contributed by atoms with Crippen LogP contribution >= 0.6 is 0 Å². The summed E-state index contributed by atoms with van der Waals surface area (Å²) in [6.07, 6.45) is 0.809. The zero-order chi connectivity index (χ0) is 40.7. The van der Waals surface area contributed by atoms with Gasteiger partial charge in [0.15, 0.2) is 22.4 Å². The van der Waals surface area contributed by atoms with E-state index in [2.05, 4.69) is 42.5 Å². The molecule has 0 aromatic carbocycles. The predicted molar refractivity (Wildman–Crippen MR) is 207 cm³/mol. The summed E-state index contributed by atoms with van der Waals surface area (Å²) < 4.78 is 25.3. The van der Waals surface area contributed by atoms with Gasteiger partial charge in [-0.15, -0.1) is 0 Å². The third kappa shape index (κ3) is 13.4. The van der Waals surface area contributed by atoms with Gasteiger partial charge in [-0.25, -0.2) is 0 Å². The van der Waals surface area contributed by atoms with Gasteiger partial charge in [0, 0.05) is 74.5 Å². The quantitative estimate of drug-likeness (QED) is 0.162. The maximum Gasteiger partial charge on any atom is 0.253 e. The van der Waals surface area contributed by atoms with Crippen LogP contribution in [0.1, 0.15) is 95.9 Å². The van der Waals surface area contributed by atoms with Gasteiger partial charge in [-0.2, -0.15) is 0 Å². The predicted octanol–water partition coefficient (Wildman–Crippen LogP) is -0.154. The summed E-state index contributed by atoms with van der Waals surface area (Å²) in [5.41, 5.74) is -7.88. The molecule has 312 valence electrons. The molecular formula is C38H72N8O8. The Balaban J connectivity index is 2.01. The molecule has 6 aliphatic heterocycles. The molecule has 6 rings (SSSR count). The number of rotatable bonds is 0. The zero-order valence-electron chi connectivity index (χ0n) is 35.2. The molecule has 0 radical (unpaired) electrons. The van der Waals surface area contributed by atoms with E-state index in [1.165, 1.54) is 0 Å². The van der Waals surface area contributed by atoms with Gasteiger partial charge < -0.3 is 61.5 Å². The van der Waals surface area contributed by atoms with Crippen LogP contribution in [0.5, 0.6) is 0 Å². The SMILES string of the molecule is CC1(C)CNC[C@]2(C)OCCCO[C@@]3(C)CNCC(C)(C)NC(=O)[C@](C)(CNCC(C)(C)NC3=O)OCCCO[C@](C)(CNCC(C)(C)NC2=O)C(=O)N1. The number of ether oxygens (including phenoxy) is 4. The Hall–Kier alpha value is -2.44. The lowest BCUT2D eigenvalue weighted by Crippen LogP contribution is -2.65. The number of hydrogen-bond acceptors (Lipinski definition) is 12. The van der Waals surface area contributed by atoms with Crippen molar-refractivity contribution in [3.05, 3.63) is 0 Å². The molecule has 0 aromatic heterocycles. The van der Waals surface area contributed by atoms with Gasteiger partial charge in [0.1, 0.15) is 0 Å². The molecule has 16 heteroatoms.